The number of tetrazole rings is 1. The molecule has 1 aromatic heterocycles. The Hall–Kier alpha value is -2.89. The van der Waals surface area contributed by atoms with E-state index in [0.29, 0.717) is 5.06 Å². The summed E-state index contributed by atoms with van der Waals surface area (Å²) in [5, 5.41) is 11.5. The van der Waals surface area contributed by atoms with Crippen molar-refractivity contribution in [1.82, 2.24) is 41.0 Å². The van der Waals surface area contributed by atoms with E-state index < -0.39 is 40.3 Å². The van der Waals surface area contributed by atoms with E-state index in [-0.39, 0.29) is 38.3 Å². The maximum absolute atomic E-state index is 12.3. The Morgan fingerprint density at radius 1 is 1.32 bits per heavy atom. The lowest BCUT2D eigenvalue weighted by Crippen LogP contribution is -2.54. The number of nitrogens with one attached hydrogen (secondary N) is 2. The predicted molar refractivity (Wildman–Crippen MR) is 85.4 cm³/mol. The highest BCUT2D eigenvalue weighted by atomic mass is 32.3. The number of nitrogens with zero attached hydrogens (tertiary/aromatic N) is 6. The molecule has 3 rings (SSSR count). The molecule has 0 saturated carbocycles. The number of urea groups is 1. The first-order valence-electron chi connectivity index (χ1n) is 8.00. The van der Waals surface area contributed by atoms with Crippen LogP contribution in [-0.4, -0.2) is 79.6 Å². The highest BCUT2D eigenvalue weighted by molar-refractivity contribution is 7.80. The summed E-state index contributed by atoms with van der Waals surface area (Å²) in [6.07, 6.45) is 0.461. The average Bonchev–Trinajstić information content (AvgIpc) is 3.17. The van der Waals surface area contributed by atoms with Gasteiger partial charge in [-0.3, -0.25) is 25.0 Å². The molecule has 28 heavy (non-hydrogen) atoms. The summed E-state index contributed by atoms with van der Waals surface area (Å²) < 4.78 is 34.7. The zero-order chi connectivity index (χ0) is 20.5. The molecule has 2 aliphatic rings. The smallest absolute Gasteiger partial charge is 0.324 e. The predicted octanol–water partition coefficient (Wildman–Crippen LogP) is -3.72. The summed E-state index contributed by atoms with van der Waals surface area (Å²) in [6.45, 7) is -0.229. The van der Waals surface area contributed by atoms with Crippen LogP contribution in [0, 0.1) is 0 Å². The Kier molecular flexibility index (Phi) is 5.40. The second-order valence-corrected chi connectivity index (χ2v) is 6.99. The SMILES string of the molecule is NCc1nnn(CC(=O)NNC(=O)[C@@H]2CC[C@@H]3CN2C(=O)N3OS(=O)(=O)O)n1. The molecule has 2 fully saturated rings. The van der Waals surface area contributed by atoms with Crippen molar-refractivity contribution in [3.05, 3.63) is 5.82 Å². The lowest BCUT2D eigenvalue weighted by atomic mass is 10.0. The van der Waals surface area contributed by atoms with Gasteiger partial charge in [-0.05, 0) is 18.1 Å². The Morgan fingerprint density at radius 2 is 2.07 bits per heavy atom. The van der Waals surface area contributed by atoms with Crippen molar-refractivity contribution in [3.63, 3.8) is 0 Å². The van der Waals surface area contributed by atoms with Crippen molar-refractivity contribution in [2.45, 2.75) is 38.0 Å². The number of piperidine rings is 1. The van der Waals surface area contributed by atoms with Gasteiger partial charge >= 0.3 is 16.4 Å². The fraction of sp³-hybridized carbons (Fsp3) is 0.636. The molecule has 2 saturated heterocycles. The zero-order valence-corrected chi connectivity index (χ0v) is 15.1. The number of aromatic nitrogens is 4. The van der Waals surface area contributed by atoms with E-state index in [1.165, 1.54) is 0 Å². The second kappa shape index (κ2) is 7.62. The van der Waals surface area contributed by atoms with Gasteiger partial charge in [0, 0.05) is 6.54 Å². The largest absolute Gasteiger partial charge is 0.418 e. The molecule has 2 atom stereocenters. The maximum Gasteiger partial charge on any atom is 0.418 e. The standard InChI is InChI=1S/C11H17N9O7S/c12-3-8-13-17-19(16-8)5-9(21)14-15-10(22)7-2-1-6-4-18(7)11(23)20(6)27-28(24,25)26/h6-7H,1-5,12H2,(H,14,21)(H,15,22)(H,24,25,26)/t6-,7+/m1/s1. The van der Waals surface area contributed by atoms with Gasteiger partial charge in [-0.2, -0.15) is 18.3 Å². The molecule has 154 valence electrons. The summed E-state index contributed by atoms with van der Waals surface area (Å²) >= 11 is 0. The molecule has 5 N–H and O–H groups in total. The Balaban J connectivity index is 1.53. The van der Waals surface area contributed by atoms with E-state index in [9.17, 15) is 22.8 Å². The van der Waals surface area contributed by atoms with Crippen LogP contribution in [0.4, 0.5) is 4.79 Å². The molecule has 1 aromatic rings. The van der Waals surface area contributed by atoms with Crippen molar-refractivity contribution < 1.29 is 31.6 Å². The number of carbonyl (C=O) groups is 3. The van der Waals surface area contributed by atoms with Crippen LogP contribution in [0.5, 0.6) is 0 Å². The Morgan fingerprint density at radius 3 is 2.71 bits per heavy atom. The summed E-state index contributed by atoms with van der Waals surface area (Å²) in [7, 11) is -4.87. The molecule has 3 heterocycles. The molecule has 0 aliphatic carbocycles. The first-order chi connectivity index (χ1) is 13.2. The van der Waals surface area contributed by atoms with E-state index in [1.54, 1.807) is 0 Å². The first-order valence-corrected chi connectivity index (χ1v) is 9.36. The van der Waals surface area contributed by atoms with E-state index in [2.05, 4.69) is 30.5 Å². The molecule has 0 unspecified atom stereocenters. The van der Waals surface area contributed by atoms with Crippen LogP contribution in [0.15, 0.2) is 0 Å². The summed E-state index contributed by atoms with van der Waals surface area (Å²) in [5.41, 5.74) is 9.68. The minimum atomic E-state index is -4.87. The second-order valence-electron chi connectivity index (χ2n) is 5.99. The van der Waals surface area contributed by atoms with Gasteiger partial charge in [-0.15, -0.1) is 14.5 Å². The van der Waals surface area contributed by atoms with Crippen LogP contribution in [0.1, 0.15) is 18.7 Å². The van der Waals surface area contributed by atoms with Gasteiger partial charge in [0.05, 0.1) is 12.6 Å². The molecule has 0 aromatic carbocycles. The van der Waals surface area contributed by atoms with Crippen molar-refractivity contribution in [1.29, 1.82) is 0 Å². The van der Waals surface area contributed by atoms with Gasteiger partial charge in [0.25, 0.3) is 11.8 Å². The van der Waals surface area contributed by atoms with Gasteiger partial charge in [-0.25, -0.2) is 4.79 Å². The monoisotopic (exact) mass is 419 g/mol. The van der Waals surface area contributed by atoms with Gasteiger partial charge < -0.3 is 10.6 Å². The minimum absolute atomic E-state index is 0.0329. The number of amides is 4. The van der Waals surface area contributed by atoms with Crippen molar-refractivity contribution in [2.24, 2.45) is 5.73 Å². The van der Waals surface area contributed by atoms with E-state index in [1.807, 2.05) is 0 Å². The number of hydrogen-bond donors (Lipinski definition) is 4. The molecular formula is C11H17N9O7S. The third-order valence-electron chi connectivity index (χ3n) is 4.09. The lowest BCUT2D eigenvalue weighted by Gasteiger charge is -2.29. The molecule has 2 aliphatic heterocycles. The quantitative estimate of drug-likeness (QED) is 0.260. The van der Waals surface area contributed by atoms with Gasteiger partial charge in [0.15, 0.2) is 5.82 Å². The molecule has 0 spiro atoms. The number of fused-ring (bicyclic) bond motifs is 2. The van der Waals surface area contributed by atoms with Crippen LogP contribution >= 0.6 is 0 Å². The highest BCUT2D eigenvalue weighted by Crippen LogP contribution is 2.30. The highest BCUT2D eigenvalue weighted by Gasteiger charge is 2.49. The Labute approximate surface area is 157 Å². The fourth-order valence-corrected chi connectivity index (χ4v) is 3.30. The van der Waals surface area contributed by atoms with E-state index in [0.717, 1.165) is 9.70 Å². The van der Waals surface area contributed by atoms with E-state index >= 15 is 0 Å². The van der Waals surface area contributed by atoms with Gasteiger partial charge in [-0.1, -0.05) is 0 Å². The van der Waals surface area contributed by atoms with Crippen molar-refractivity contribution in [2.75, 3.05) is 6.54 Å². The summed E-state index contributed by atoms with van der Waals surface area (Å²) in [6, 6.07) is -2.46. The van der Waals surface area contributed by atoms with Crippen LogP contribution in [0.2, 0.25) is 0 Å². The molecule has 0 radical (unpaired) electrons. The third kappa shape index (κ3) is 4.32. The number of hydrazine groups is 1. The molecule has 2 bridgehead atoms. The van der Waals surface area contributed by atoms with Crippen molar-refractivity contribution in [3.8, 4) is 0 Å². The summed E-state index contributed by atoms with van der Waals surface area (Å²) in [4.78, 5) is 38.5. The van der Waals surface area contributed by atoms with Crippen LogP contribution in [0.25, 0.3) is 0 Å². The van der Waals surface area contributed by atoms with Crippen LogP contribution < -0.4 is 16.6 Å². The molecule has 4 amide bonds. The third-order valence-corrected chi connectivity index (χ3v) is 4.44. The van der Waals surface area contributed by atoms with Gasteiger partial charge in [0.2, 0.25) is 0 Å². The van der Waals surface area contributed by atoms with Crippen LogP contribution in [0.3, 0.4) is 0 Å². The van der Waals surface area contributed by atoms with E-state index in [4.69, 9.17) is 10.3 Å². The first kappa shape index (κ1) is 19.9. The maximum atomic E-state index is 12.3. The lowest BCUT2D eigenvalue weighted by molar-refractivity contribution is -0.132. The number of carbonyl (C=O) groups excluding carboxylic acids is 3. The molecule has 16 nitrogen and oxygen atoms in total. The van der Waals surface area contributed by atoms with Crippen molar-refractivity contribution >= 4 is 28.2 Å². The summed E-state index contributed by atoms with van der Waals surface area (Å²) in [5.74, 6) is -1.08. The normalized spacial score (nSPS) is 21.7. The van der Waals surface area contributed by atoms with Crippen LogP contribution in [-0.2, 0) is 37.4 Å². The zero-order valence-electron chi connectivity index (χ0n) is 14.3. The number of nitrogens with two attached hydrogens (primary N) is 1. The fourth-order valence-electron chi connectivity index (χ4n) is 2.91. The molecular weight excluding hydrogens is 402 g/mol. The number of rotatable bonds is 6. The average molecular weight is 419 g/mol. The topological polar surface area (TPSA) is 215 Å². The molecule has 17 heteroatoms. The number of hydroxylamine groups is 2. The Bertz CT molecular complexity index is 887. The van der Waals surface area contributed by atoms with Gasteiger partial charge in [0.1, 0.15) is 12.6 Å². The number of hydrogen-bond acceptors (Lipinski definition) is 10. The minimum Gasteiger partial charge on any atom is -0.324 e.